The molecule has 2 rings (SSSR count). The maximum atomic E-state index is 12.3. The van der Waals surface area contributed by atoms with E-state index in [-0.39, 0.29) is 6.04 Å². The van der Waals surface area contributed by atoms with Gasteiger partial charge in [0.1, 0.15) is 0 Å². The summed E-state index contributed by atoms with van der Waals surface area (Å²) < 4.78 is 27.3. The Morgan fingerprint density at radius 3 is 2.74 bits per heavy atom. The van der Waals surface area contributed by atoms with E-state index < -0.39 is 10.0 Å². The molecule has 0 bridgehead atoms. The topological polar surface area (TPSA) is 58.2 Å². The lowest BCUT2D eigenvalue weighted by Crippen LogP contribution is -2.33. The molecular weight excluding hydrogens is 260 g/mol. The minimum Gasteiger partial charge on any atom is -0.384 e. The largest absolute Gasteiger partial charge is 0.384 e. The summed E-state index contributed by atoms with van der Waals surface area (Å²) in [6.07, 6.45) is 1.73. The van der Waals surface area contributed by atoms with Crippen LogP contribution in [0.15, 0.2) is 23.1 Å². The highest BCUT2D eigenvalue weighted by atomic mass is 32.2. The molecule has 4 nitrogen and oxygen atoms in total. The first-order chi connectivity index (χ1) is 8.88. The van der Waals surface area contributed by atoms with Crippen molar-refractivity contribution in [2.24, 2.45) is 5.92 Å². The van der Waals surface area contributed by atoms with Gasteiger partial charge in [-0.25, -0.2) is 13.1 Å². The second kappa shape index (κ2) is 5.51. The van der Waals surface area contributed by atoms with E-state index in [1.165, 1.54) is 0 Å². The molecule has 0 saturated carbocycles. The summed E-state index contributed by atoms with van der Waals surface area (Å²) in [5, 5.41) is 3.23. The Bertz CT molecular complexity index is 553. The molecule has 1 unspecified atom stereocenters. The second-order valence-electron chi connectivity index (χ2n) is 5.65. The number of hydrogen-bond donors (Lipinski definition) is 2. The van der Waals surface area contributed by atoms with Crippen LogP contribution in [0.4, 0.5) is 5.69 Å². The molecule has 1 aliphatic rings. The van der Waals surface area contributed by atoms with Gasteiger partial charge in [0.15, 0.2) is 0 Å². The highest BCUT2D eigenvalue weighted by Crippen LogP contribution is 2.25. The van der Waals surface area contributed by atoms with Crippen molar-refractivity contribution in [2.45, 2.75) is 44.6 Å². The van der Waals surface area contributed by atoms with Crippen molar-refractivity contribution in [3.05, 3.63) is 23.8 Å². The Morgan fingerprint density at radius 2 is 2.05 bits per heavy atom. The molecule has 0 spiro atoms. The van der Waals surface area contributed by atoms with E-state index in [0.717, 1.165) is 30.6 Å². The molecule has 5 heteroatoms. The normalized spacial score (nSPS) is 16.2. The first kappa shape index (κ1) is 14.3. The molecule has 0 saturated heterocycles. The summed E-state index contributed by atoms with van der Waals surface area (Å²) in [7, 11) is -3.40. The predicted molar refractivity (Wildman–Crippen MR) is 77.9 cm³/mol. The van der Waals surface area contributed by atoms with Crippen LogP contribution < -0.4 is 10.0 Å². The van der Waals surface area contributed by atoms with Crippen molar-refractivity contribution >= 4 is 15.7 Å². The summed E-state index contributed by atoms with van der Waals surface area (Å²) in [6, 6.07) is 5.25. The lowest BCUT2D eigenvalue weighted by molar-refractivity contribution is 0.482. The number of hydrogen-bond acceptors (Lipinski definition) is 3. The number of sulfonamides is 1. The maximum absolute atomic E-state index is 12.3. The average molecular weight is 282 g/mol. The van der Waals surface area contributed by atoms with Crippen molar-refractivity contribution in [3.8, 4) is 0 Å². The van der Waals surface area contributed by atoms with E-state index >= 15 is 0 Å². The molecule has 1 aromatic rings. The first-order valence-electron chi connectivity index (χ1n) is 6.77. The molecule has 0 fully saturated rings. The van der Waals surface area contributed by atoms with Crippen molar-refractivity contribution in [3.63, 3.8) is 0 Å². The summed E-state index contributed by atoms with van der Waals surface area (Å²) in [5.41, 5.74) is 2.13. The zero-order chi connectivity index (χ0) is 14.0. The van der Waals surface area contributed by atoms with Crippen molar-refractivity contribution in [1.82, 2.24) is 4.72 Å². The number of fused-ring (bicyclic) bond motifs is 1. The van der Waals surface area contributed by atoms with Crippen molar-refractivity contribution in [2.75, 3.05) is 11.9 Å². The monoisotopic (exact) mass is 282 g/mol. The zero-order valence-corrected chi connectivity index (χ0v) is 12.5. The molecule has 0 radical (unpaired) electrons. The fourth-order valence-electron chi connectivity index (χ4n) is 2.54. The third kappa shape index (κ3) is 3.48. The predicted octanol–water partition coefficient (Wildman–Crippen LogP) is 2.37. The fraction of sp³-hybridized carbons (Fsp3) is 0.571. The SMILES string of the molecule is CC(C)CC(C)NS(=O)(=O)c1ccc2c(c1)CCN2. The Hall–Kier alpha value is -1.07. The van der Waals surface area contributed by atoms with Gasteiger partial charge in [0.2, 0.25) is 10.0 Å². The van der Waals surface area contributed by atoms with Crippen molar-refractivity contribution in [1.29, 1.82) is 0 Å². The molecule has 19 heavy (non-hydrogen) atoms. The Balaban J connectivity index is 2.15. The first-order valence-corrected chi connectivity index (χ1v) is 8.26. The van der Waals surface area contributed by atoms with Crippen LogP contribution >= 0.6 is 0 Å². The molecule has 106 valence electrons. The van der Waals surface area contributed by atoms with Gasteiger partial charge in [-0.2, -0.15) is 0 Å². The lowest BCUT2D eigenvalue weighted by atomic mass is 10.1. The van der Waals surface area contributed by atoms with E-state index in [2.05, 4.69) is 23.9 Å². The van der Waals surface area contributed by atoms with E-state index in [4.69, 9.17) is 0 Å². The quantitative estimate of drug-likeness (QED) is 0.871. The molecule has 0 amide bonds. The maximum Gasteiger partial charge on any atom is 0.240 e. The van der Waals surface area contributed by atoms with Gasteiger partial charge in [0, 0.05) is 18.3 Å². The molecule has 2 N–H and O–H groups in total. The highest BCUT2D eigenvalue weighted by Gasteiger charge is 2.20. The minimum atomic E-state index is -3.40. The van der Waals surface area contributed by atoms with Gasteiger partial charge in [-0.15, -0.1) is 0 Å². The summed E-state index contributed by atoms with van der Waals surface area (Å²) in [6.45, 7) is 6.97. The van der Waals surface area contributed by atoms with E-state index in [1.807, 2.05) is 13.0 Å². The van der Waals surface area contributed by atoms with Gasteiger partial charge in [0.25, 0.3) is 0 Å². The van der Waals surface area contributed by atoms with Gasteiger partial charge in [-0.05, 0) is 49.4 Å². The number of nitrogens with one attached hydrogen (secondary N) is 2. The van der Waals surface area contributed by atoms with Gasteiger partial charge in [0.05, 0.1) is 4.90 Å². The molecule has 1 aromatic carbocycles. The highest BCUT2D eigenvalue weighted by molar-refractivity contribution is 7.89. The molecule has 1 aliphatic heterocycles. The average Bonchev–Trinajstić information content (AvgIpc) is 2.73. The minimum absolute atomic E-state index is 0.0450. The van der Waals surface area contributed by atoms with Crippen molar-refractivity contribution < 1.29 is 8.42 Å². The number of rotatable bonds is 5. The van der Waals surface area contributed by atoms with E-state index in [0.29, 0.717) is 10.8 Å². The summed E-state index contributed by atoms with van der Waals surface area (Å²) in [4.78, 5) is 0.366. The Morgan fingerprint density at radius 1 is 1.32 bits per heavy atom. The van der Waals surface area contributed by atoms with E-state index in [1.54, 1.807) is 12.1 Å². The summed E-state index contributed by atoms with van der Waals surface area (Å²) >= 11 is 0. The smallest absolute Gasteiger partial charge is 0.240 e. The molecule has 0 aliphatic carbocycles. The van der Waals surface area contributed by atoms with Crippen LogP contribution in [0.3, 0.4) is 0 Å². The van der Waals surface area contributed by atoms with Crippen LogP contribution in [0.1, 0.15) is 32.8 Å². The second-order valence-corrected chi connectivity index (χ2v) is 7.36. The molecule has 1 atom stereocenters. The van der Waals surface area contributed by atoms with Crippen LogP contribution in [-0.4, -0.2) is 21.0 Å². The van der Waals surface area contributed by atoms with Crippen LogP contribution in [-0.2, 0) is 16.4 Å². The fourth-order valence-corrected chi connectivity index (χ4v) is 3.84. The third-order valence-electron chi connectivity index (χ3n) is 3.28. The summed E-state index contributed by atoms with van der Waals surface area (Å²) in [5.74, 6) is 0.474. The van der Waals surface area contributed by atoms with Gasteiger partial charge >= 0.3 is 0 Å². The molecule has 1 heterocycles. The van der Waals surface area contributed by atoms with E-state index in [9.17, 15) is 8.42 Å². The van der Waals surface area contributed by atoms with Gasteiger partial charge < -0.3 is 5.32 Å². The number of benzene rings is 1. The Labute approximate surface area is 115 Å². The lowest BCUT2D eigenvalue weighted by Gasteiger charge is -2.16. The van der Waals surface area contributed by atoms with Crippen LogP contribution in [0, 0.1) is 5.92 Å². The van der Waals surface area contributed by atoms with Crippen LogP contribution in [0.5, 0.6) is 0 Å². The third-order valence-corrected chi connectivity index (χ3v) is 4.87. The Kier molecular flexibility index (Phi) is 4.16. The molecular formula is C14H22N2O2S. The van der Waals surface area contributed by atoms with Crippen LogP contribution in [0.2, 0.25) is 0 Å². The van der Waals surface area contributed by atoms with Gasteiger partial charge in [-0.3, -0.25) is 0 Å². The van der Waals surface area contributed by atoms with Gasteiger partial charge in [-0.1, -0.05) is 13.8 Å². The standard InChI is InChI=1S/C14H22N2O2S/c1-10(2)8-11(3)16-19(17,18)13-4-5-14-12(9-13)6-7-15-14/h4-5,9-11,15-16H,6-8H2,1-3H3. The van der Waals surface area contributed by atoms with Crippen LogP contribution in [0.25, 0.3) is 0 Å². The zero-order valence-electron chi connectivity index (χ0n) is 11.7. The number of anilines is 1. The molecule has 0 aromatic heterocycles.